The van der Waals surface area contributed by atoms with Crippen LogP contribution in [-0.2, 0) is 9.59 Å². The molecular weight excluding hydrogens is 282 g/mol. The molecule has 1 aromatic carbocycles. The van der Waals surface area contributed by atoms with Crippen molar-refractivity contribution in [2.24, 2.45) is 5.92 Å². The highest BCUT2D eigenvalue weighted by Gasteiger charge is 2.22. The number of nitrogens with one attached hydrogen (secondary N) is 2. The molecule has 0 aliphatic carbocycles. The molecule has 0 fully saturated rings. The van der Waals surface area contributed by atoms with Gasteiger partial charge in [-0.2, -0.15) is 5.10 Å². The van der Waals surface area contributed by atoms with E-state index in [1.165, 1.54) is 13.3 Å². The van der Waals surface area contributed by atoms with Gasteiger partial charge in [0.2, 0.25) is 11.8 Å². The van der Waals surface area contributed by atoms with E-state index in [4.69, 9.17) is 0 Å². The van der Waals surface area contributed by atoms with Crippen LogP contribution in [0.2, 0.25) is 0 Å². The molecule has 1 unspecified atom stereocenters. The first-order valence-corrected chi connectivity index (χ1v) is 7.00. The molecule has 0 radical (unpaired) electrons. The lowest BCUT2D eigenvalue weighted by Crippen LogP contribution is -2.46. The van der Waals surface area contributed by atoms with Crippen LogP contribution in [0, 0.1) is 5.92 Å². The van der Waals surface area contributed by atoms with Crippen molar-refractivity contribution in [3.63, 3.8) is 0 Å². The molecule has 0 bridgehead atoms. The molecule has 2 rings (SSSR count). The summed E-state index contributed by atoms with van der Waals surface area (Å²) >= 11 is 0. The number of carbonyl (C=O) groups excluding carboxylic acids is 2. The Morgan fingerprint density at radius 3 is 2.36 bits per heavy atom. The van der Waals surface area contributed by atoms with E-state index in [9.17, 15) is 9.59 Å². The Morgan fingerprint density at radius 1 is 1.18 bits per heavy atom. The fourth-order valence-corrected chi connectivity index (χ4v) is 2.01. The summed E-state index contributed by atoms with van der Waals surface area (Å²) in [7, 11) is 0. The van der Waals surface area contributed by atoms with Gasteiger partial charge in [0.05, 0.1) is 5.69 Å². The predicted molar refractivity (Wildman–Crippen MR) is 82.4 cm³/mol. The Balaban J connectivity index is 2.06. The fraction of sp³-hybridized carbons (Fsp3) is 0.333. The van der Waals surface area contributed by atoms with Crippen LogP contribution in [0.3, 0.4) is 0 Å². The average molecular weight is 301 g/mol. The van der Waals surface area contributed by atoms with Crippen molar-refractivity contribution in [2.75, 3.05) is 5.32 Å². The number of hydrogen-bond donors (Lipinski definition) is 2. The second-order valence-electron chi connectivity index (χ2n) is 5.30. The molecule has 2 amide bonds. The van der Waals surface area contributed by atoms with Crippen molar-refractivity contribution >= 4 is 17.5 Å². The minimum Gasteiger partial charge on any atom is -0.344 e. The maximum Gasteiger partial charge on any atom is 0.247 e. The maximum absolute atomic E-state index is 12.2. The quantitative estimate of drug-likeness (QED) is 0.873. The molecule has 116 valence electrons. The van der Waals surface area contributed by atoms with Gasteiger partial charge in [-0.05, 0) is 30.2 Å². The summed E-state index contributed by atoms with van der Waals surface area (Å²) in [6.07, 6.45) is 3.05. The van der Waals surface area contributed by atoms with Crippen LogP contribution in [0.4, 0.5) is 5.69 Å². The second kappa shape index (κ2) is 6.84. The Bertz CT molecular complexity index is 634. The molecule has 1 atom stereocenters. The van der Waals surface area contributed by atoms with Gasteiger partial charge in [0, 0.05) is 12.6 Å². The minimum absolute atomic E-state index is 0.00155. The van der Waals surface area contributed by atoms with E-state index < -0.39 is 6.04 Å². The molecule has 7 heteroatoms. The normalized spacial score (nSPS) is 12.0. The molecule has 0 saturated carbocycles. The molecule has 2 aromatic rings. The Labute approximate surface area is 128 Å². The van der Waals surface area contributed by atoms with Crippen molar-refractivity contribution in [3.05, 3.63) is 36.9 Å². The third-order valence-corrected chi connectivity index (χ3v) is 3.13. The number of carbonyl (C=O) groups is 2. The third kappa shape index (κ3) is 3.91. The van der Waals surface area contributed by atoms with Crippen molar-refractivity contribution < 1.29 is 9.59 Å². The van der Waals surface area contributed by atoms with Gasteiger partial charge in [-0.15, -0.1) is 0 Å². The standard InChI is InChI=1S/C15H19N5O2/c1-10(2)14(18-11(3)21)15(22)19-12-4-6-13(7-5-12)20-9-16-8-17-20/h4-10,14H,1-3H3,(H,18,21)(H,19,22). The maximum atomic E-state index is 12.2. The summed E-state index contributed by atoms with van der Waals surface area (Å²) in [5, 5.41) is 9.49. The summed E-state index contributed by atoms with van der Waals surface area (Å²) in [5.74, 6) is -0.465. The van der Waals surface area contributed by atoms with E-state index >= 15 is 0 Å². The summed E-state index contributed by atoms with van der Waals surface area (Å²) in [6, 6.07) is 6.65. The zero-order valence-electron chi connectivity index (χ0n) is 12.8. The number of benzene rings is 1. The second-order valence-corrected chi connectivity index (χ2v) is 5.30. The molecular formula is C15H19N5O2. The van der Waals surface area contributed by atoms with Gasteiger partial charge in [0.25, 0.3) is 0 Å². The van der Waals surface area contributed by atoms with Crippen molar-refractivity contribution in [3.8, 4) is 5.69 Å². The van der Waals surface area contributed by atoms with Crippen LogP contribution >= 0.6 is 0 Å². The Kier molecular flexibility index (Phi) is 4.88. The zero-order valence-corrected chi connectivity index (χ0v) is 12.8. The fourth-order valence-electron chi connectivity index (χ4n) is 2.01. The van der Waals surface area contributed by atoms with Crippen molar-refractivity contribution in [1.29, 1.82) is 0 Å². The first kappa shape index (κ1) is 15.7. The van der Waals surface area contributed by atoms with Gasteiger partial charge in [-0.1, -0.05) is 13.8 Å². The van der Waals surface area contributed by atoms with Crippen LogP contribution in [0.1, 0.15) is 20.8 Å². The van der Waals surface area contributed by atoms with Crippen LogP contribution < -0.4 is 10.6 Å². The average Bonchev–Trinajstić information content (AvgIpc) is 2.99. The number of anilines is 1. The van der Waals surface area contributed by atoms with Crippen LogP contribution in [0.25, 0.3) is 5.69 Å². The lowest BCUT2D eigenvalue weighted by Gasteiger charge is -2.21. The van der Waals surface area contributed by atoms with Gasteiger partial charge >= 0.3 is 0 Å². The van der Waals surface area contributed by atoms with Gasteiger partial charge in [0.15, 0.2) is 0 Å². The molecule has 0 aliphatic rings. The summed E-state index contributed by atoms with van der Waals surface area (Å²) in [4.78, 5) is 27.3. The third-order valence-electron chi connectivity index (χ3n) is 3.13. The highest BCUT2D eigenvalue weighted by Crippen LogP contribution is 2.13. The molecule has 0 spiro atoms. The number of rotatable bonds is 5. The molecule has 0 aliphatic heterocycles. The van der Waals surface area contributed by atoms with Crippen molar-refractivity contribution in [1.82, 2.24) is 20.1 Å². The number of nitrogens with zero attached hydrogens (tertiary/aromatic N) is 3. The van der Waals surface area contributed by atoms with Gasteiger partial charge in [-0.3, -0.25) is 9.59 Å². The molecule has 22 heavy (non-hydrogen) atoms. The smallest absolute Gasteiger partial charge is 0.247 e. The zero-order chi connectivity index (χ0) is 16.1. The molecule has 0 saturated heterocycles. The van der Waals surface area contributed by atoms with Gasteiger partial charge in [0.1, 0.15) is 18.7 Å². The predicted octanol–water partition coefficient (Wildman–Crippen LogP) is 1.37. The van der Waals surface area contributed by atoms with E-state index in [0.717, 1.165) is 5.69 Å². The highest BCUT2D eigenvalue weighted by molar-refractivity contribution is 5.97. The Hall–Kier alpha value is -2.70. The largest absolute Gasteiger partial charge is 0.344 e. The molecule has 1 heterocycles. The van der Waals surface area contributed by atoms with E-state index in [0.29, 0.717) is 5.69 Å². The number of amides is 2. The SMILES string of the molecule is CC(=O)NC(C(=O)Nc1ccc(-n2cncn2)cc1)C(C)C. The van der Waals surface area contributed by atoms with E-state index in [1.807, 2.05) is 26.0 Å². The Morgan fingerprint density at radius 2 is 1.86 bits per heavy atom. The van der Waals surface area contributed by atoms with E-state index in [2.05, 4.69) is 20.7 Å². The molecule has 7 nitrogen and oxygen atoms in total. The molecule has 1 aromatic heterocycles. The lowest BCUT2D eigenvalue weighted by molar-refractivity contribution is -0.126. The summed E-state index contributed by atoms with van der Waals surface area (Å²) in [5.41, 5.74) is 1.50. The summed E-state index contributed by atoms with van der Waals surface area (Å²) in [6.45, 7) is 5.16. The monoisotopic (exact) mass is 301 g/mol. The first-order valence-electron chi connectivity index (χ1n) is 7.00. The first-order chi connectivity index (χ1) is 10.5. The van der Waals surface area contributed by atoms with Crippen LogP contribution in [-0.4, -0.2) is 32.6 Å². The number of hydrogen-bond acceptors (Lipinski definition) is 4. The van der Waals surface area contributed by atoms with E-state index in [1.54, 1.807) is 23.1 Å². The highest BCUT2D eigenvalue weighted by atomic mass is 16.2. The van der Waals surface area contributed by atoms with Gasteiger partial charge < -0.3 is 10.6 Å². The summed E-state index contributed by atoms with van der Waals surface area (Å²) < 4.78 is 1.62. The lowest BCUT2D eigenvalue weighted by atomic mass is 10.0. The molecule has 2 N–H and O–H groups in total. The number of aromatic nitrogens is 3. The van der Waals surface area contributed by atoms with E-state index in [-0.39, 0.29) is 17.7 Å². The van der Waals surface area contributed by atoms with Crippen LogP contribution in [0.15, 0.2) is 36.9 Å². The minimum atomic E-state index is -0.563. The van der Waals surface area contributed by atoms with Gasteiger partial charge in [-0.25, -0.2) is 9.67 Å². The van der Waals surface area contributed by atoms with Crippen LogP contribution in [0.5, 0.6) is 0 Å². The van der Waals surface area contributed by atoms with Crippen molar-refractivity contribution in [2.45, 2.75) is 26.8 Å². The topological polar surface area (TPSA) is 88.9 Å².